The van der Waals surface area contributed by atoms with Gasteiger partial charge in [-0.3, -0.25) is 0 Å². The summed E-state index contributed by atoms with van der Waals surface area (Å²) in [7, 11) is 2.29. The highest BCUT2D eigenvalue weighted by atomic mass is 16.5. The van der Waals surface area contributed by atoms with Crippen LogP contribution < -0.4 is 47.3 Å². The van der Waals surface area contributed by atoms with E-state index in [9.17, 15) is 58.8 Å². The second-order valence-corrected chi connectivity index (χ2v) is 19.0. The van der Waals surface area contributed by atoms with Gasteiger partial charge in [0, 0.05) is 53.6 Å². The molecule has 23 heteroatoms. The summed E-state index contributed by atoms with van der Waals surface area (Å²) in [5.41, 5.74) is 1.30. The van der Waals surface area contributed by atoms with Gasteiger partial charge in [-0.25, -0.2) is 38.4 Å². The van der Waals surface area contributed by atoms with Gasteiger partial charge in [0.25, 0.3) is 0 Å². The number of esters is 2. The average Bonchev–Trinajstić information content (AvgIpc) is 3.59. The minimum Gasteiger partial charge on any atom is -0.508 e. The van der Waals surface area contributed by atoms with Gasteiger partial charge in [-0.15, -0.1) is 0 Å². The Morgan fingerprint density at radius 2 is 0.762 bits per heavy atom. The molecule has 4 atom stereocenters. The minimum absolute atomic E-state index is 0.0102. The molecule has 4 unspecified atom stereocenters. The van der Waals surface area contributed by atoms with Gasteiger partial charge < -0.3 is 77.2 Å². The highest BCUT2D eigenvalue weighted by Crippen LogP contribution is 2.55. The fraction of sp³-hybridized carbons (Fsp3) is 0.228. The normalized spacial score (nSPS) is 13.3. The molecule has 8 amide bonds. The monoisotopic (exact) mass is 1090 g/mol. The van der Waals surface area contributed by atoms with Crippen molar-refractivity contribution in [2.75, 3.05) is 35.5 Å². The molecule has 23 nitrogen and oxygen atoms in total. The third kappa shape index (κ3) is 15.0. The van der Waals surface area contributed by atoms with E-state index in [-0.39, 0.29) is 82.6 Å². The van der Waals surface area contributed by atoms with Crippen LogP contribution in [-0.4, -0.2) is 107 Å². The zero-order valence-corrected chi connectivity index (χ0v) is 43.6. The maximum atomic E-state index is 14.0. The number of phenols is 2. The molecule has 12 N–H and O–H groups in total. The van der Waals surface area contributed by atoms with E-state index in [0.29, 0.717) is 22.3 Å². The summed E-state index contributed by atoms with van der Waals surface area (Å²) < 4.78 is 16.6. The number of phenolic OH excluding ortho intramolecular Hbond substituents is 2. The van der Waals surface area contributed by atoms with Crippen LogP contribution in [0.1, 0.15) is 47.2 Å². The Hall–Kier alpha value is -10.3. The van der Waals surface area contributed by atoms with Gasteiger partial charge in [-0.2, -0.15) is 0 Å². The van der Waals surface area contributed by atoms with Crippen LogP contribution in [0.5, 0.6) is 23.0 Å². The van der Waals surface area contributed by atoms with Crippen LogP contribution in [0.4, 0.5) is 41.9 Å². The number of nitrogens with one attached hydrogen (secondary N) is 8. The number of carbonyl (C=O) groups is 8. The van der Waals surface area contributed by atoms with E-state index in [1.54, 1.807) is 98.8 Å². The number of fused-ring (bicyclic) bond motifs is 2. The number of anilines is 4. The van der Waals surface area contributed by atoms with E-state index in [1.807, 2.05) is 0 Å². The number of carbonyl (C=O) groups excluding carboxylic acids is 6. The van der Waals surface area contributed by atoms with Crippen molar-refractivity contribution in [2.24, 2.45) is 0 Å². The van der Waals surface area contributed by atoms with Crippen LogP contribution in [0.15, 0.2) is 133 Å². The largest absolute Gasteiger partial charge is 0.508 e. The van der Waals surface area contributed by atoms with Crippen LogP contribution in [0, 0.1) is 0 Å². The molecular formula is C57H58N8O15. The number of rotatable bonds is 20. The first-order valence-corrected chi connectivity index (χ1v) is 24.8. The van der Waals surface area contributed by atoms with E-state index in [1.165, 1.54) is 48.5 Å². The number of urea groups is 4. The first-order chi connectivity index (χ1) is 38.2. The molecule has 416 valence electrons. The van der Waals surface area contributed by atoms with Crippen molar-refractivity contribution in [3.63, 3.8) is 0 Å². The Kier molecular flexibility index (Phi) is 18.4. The molecule has 0 bridgehead atoms. The molecule has 80 heavy (non-hydrogen) atoms. The molecule has 0 aliphatic carbocycles. The molecule has 6 aromatic carbocycles. The number of carboxylic acids is 2. The number of ether oxygens (including phenoxy) is 3. The zero-order valence-electron chi connectivity index (χ0n) is 43.6. The Bertz CT molecular complexity index is 3050. The summed E-state index contributed by atoms with van der Waals surface area (Å²) in [4.78, 5) is 107. The van der Waals surface area contributed by atoms with Crippen molar-refractivity contribution >= 4 is 70.8 Å². The lowest BCUT2D eigenvalue weighted by molar-refractivity contribution is -0.143. The number of methoxy groups -OCH3 is 2. The number of hydrogen-bond donors (Lipinski definition) is 12. The van der Waals surface area contributed by atoms with Gasteiger partial charge in [0.15, 0.2) is 11.5 Å². The average molecular weight is 1100 g/mol. The van der Waals surface area contributed by atoms with Crippen LogP contribution in [0.25, 0.3) is 0 Å². The Morgan fingerprint density at radius 1 is 0.450 bits per heavy atom. The maximum Gasteiger partial charge on any atom is 0.328 e. The van der Waals surface area contributed by atoms with Crippen molar-refractivity contribution in [2.45, 2.75) is 69.1 Å². The fourth-order valence-electron chi connectivity index (χ4n) is 8.77. The molecule has 0 spiro atoms. The van der Waals surface area contributed by atoms with E-state index >= 15 is 0 Å². The molecule has 0 saturated carbocycles. The van der Waals surface area contributed by atoms with Crippen LogP contribution in [0.2, 0.25) is 0 Å². The Morgan fingerprint density at radius 3 is 1.10 bits per heavy atom. The summed E-state index contributed by atoms with van der Waals surface area (Å²) in [6.07, 6.45) is -0.296. The zero-order chi connectivity index (χ0) is 57.7. The van der Waals surface area contributed by atoms with Crippen molar-refractivity contribution < 1.29 is 73.0 Å². The van der Waals surface area contributed by atoms with Crippen molar-refractivity contribution in [1.29, 1.82) is 0 Å². The van der Waals surface area contributed by atoms with E-state index < -0.39 is 77.6 Å². The van der Waals surface area contributed by atoms with Crippen LogP contribution in [-0.2, 0) is 59.8 Å². The summed E-state index contributed by atoms with van der Waals surface area (Å²) in [6, 6.07) is 25.4. The van der Waals surface area contributed by atoms with E-state index in [0.717, 1.165) is 14.2 Å². The molecule has 0 radical (unpaired) electrons. The third-order valence-electron chi connectivity index (χ3n) is 12.8. The maximum absolute atomic E-state index is 14.0. The number of benzene rings is 6. The topological polar surface area (TPSA) is 341 Å². The van der Waals surface area contributed by atoms with Crippen molar-refractivity contribution in [1.82, 2.24) is 21.3 Å². The molecule has 6 aromatic rings. The predicted octanol–water partition coefficient (Wildman–Crippen LogP) is 6.98. The lowest BCUT2D eigenvalue weighted by Crippen LogP contribution is -2.45. The smallest absolute Gasteiger partial charge is 0.328 e. The summed E-state index contributed by atoms with van der Waals surface area (Å²) in [6.45, 7) is 3.43. The van der Waals surface area contributed by atoms with Gasteiger partial charge in [-0.1, -0.05) is 98.8 Å². The number of carboxylic acid groups (broad SMARTS) is 2. The first kappa shape index (κ1) is 57.4. The standard InChI is InChI=1S/C57H58N8O15/c1-57(2)39-27-35(58-53(74)64-45(51(72)78-3)25-33-15-19-37(66)20-16-33)29-41(60-55(76)62-43(49(68)69)23-31-11-7-5-8-12-31)47(39)80-48-40(57)28-36(59-54(75)65-46(52(73)79-4)26-34-17-21-38(67)22-18-34)30-42(48)61-56(77)63-44(50(70)71)24-32-13-9-6-10-14-32/h5-22,27-30,43-46,66-67H,23-26H2,1-4H3,(H,68,69)(H,70,71)(H2,58,64,74)(H2,59,65,75)(H2,60,62,76)(H2,61,63,77). The first-order valence-electron chi connectivity index (χ1n) is 24.8. The number of aliphatic carboxylic acids is 2. The summed E-state index contributed by atoms with van der Waals surface area (Å²) >= 11 is 0. The van der Waals surface area contributed by atoms with Gasteiger partial charge in [0.05, 0.1) is 25.6 Å². The van der Waals surface area contributed by atoms with Crippen LogP contribution in [0.3, 0.4) is 0 Å². The predicted molar refractivity (Wildman–Crippen MR) is 292 cm³/mol. The number of aromatic hydroxyl groups is 2. The Balaban J connectivity index is 1.28. The second-order valence-electron chi connectivity index (χ2n) is 19.0. The van der Waals surface area contributed by atoms with Gasteiger partial charge in [-0.05, 0) is 70.8 Å². The molecule has 7 rings (SSSR count). The van der Waals surface area contributed by atoms with Crippen molar-refractivity contribution in [3.05, 3.63) is 167 Å². The second kappa shape index (κ2) is 25.7. The minimum atomic E-state index is -1.44. The quantitative estimate of drug-likeness (QED) is 0.0343. The molecule has 1 aliphatic heterocycles. The molecule has 1 aliphatic rings. The molecule has 0 fully saturated rings. The van der Waals surface area contributed by atoms with E-state index in [4.69, 9.17) is 14.2 Å². The lowest BCUT2D eigenvalue weighted by atomic mass is 9.75. The number of amides is 8. The van der Waals surface area contributed by atoms with Crippen molar-refractivity contribution in [3.8, 4) is 23.0 Å². The van der Waals surface area contributed by atoms with Crippen LogP contribution >= 0.6 is 0 Å². The molecular weight excluding hydrogens is 1040 g/mol. The fourth-order valence-corrected chi connectivity index (χ4v) is 8.77. The van der Waals surface area contributed by atoms with Gasteiger partial charge in [0.1, 0.15) is 35.7 Å². The molecule has 0 aromatic heterocycles. The summed E-state index contributed by atoms with van der Waals surface area (Å²) in [5.74, 6) is -4.46. The highest BCUT2D eigenvalue weighted by Gasteiger charge is 2.40. The van der Waals surface area contributed by atoms with Gasteiger partial charge in [0.2, 0.25) is 0 Å². The summed E-state index contributed by atoms with van der Waals surface area (Å²) in [5, 5.41) is 60.8. The van der Waals surface area contributed by atoms with Gasteiger partial charge >= 0.3 is 48.0 Å². The number of hydrogen-bond acceptors (Lipinski definition) is 13. The highest BCUT2D eigenvalue weighted by molar-refractivity contribution is 6.00. The SMILES string of the molecule is COC(=O)C(Cc1ccc(O)cc1)NC(=O)Nc1cc(NC(=O)NC(Cc2ccccc2)C(=O)O)c2c(c1)C(C)(C)c1cc(NC(=O)NC(Cc3ccc(O)cc3)C(=O)OC)cc(NC(=O)NC(Cc3ccccc3)C(=O)O)c1O2. The lowest BCUT2D eigenvalue weighted by Gasteiger charge is -2.37. The van der Waals surface area contributed by atoms with E-state index in [2.05, 4.69) is 42.5 Å². The Labute approximate surface area is 458 Å². The molecule has 1 heterocycles. The molecule has 0 saturated heterocycles. The third-order valence-corrected chi connectivity index (χ3v) is 12.8.